The second-order valence-corrected chi connectivity index (χ2v) is 7.81. The molecule has 0 amide bonds. The quantitative estimate of drug-likeness (QED) is 0.388. The molecule has 3 aromatic heterocycles. The Morgan fingerprint density at radius 1 is 1.07 bits per heavy atom. The minimum absolute atomic E-state index is 0.163. The fourth-order valence-electron chi connectivity index (χ4n) is 3.53. The van der Waals surface area contributed by atoms with Gasteiger partial charge in [-0.1, -0.05) is 29.8 Å². The average molecular weight is 375 g/mol. The molecule has 5 nitrogen and oxygen atoms in total. The van der Waals surface area contributed by atoms with E-state index < -0.39 is 0 Å². The smallest absolute Gasteiger partial charge is 0.387 e. The lowest BCUT2D eigenvalue weighted by atomic mass is 10.0. The van der Waals surface area contributed by atoms with E-state index in [9.17, 15) is 5.21 Å². The van der Waals surface area contributed by atoms with Crippen LogP contribution in [0.25, 0.3) is 21.5 Å². The van der Waals surface area contributed by atoms with E-state index in [1.54, 1.807) is 29.5 Å². The first-order chi connectivity index (χ1) is 13.2. The first kappa shape index (κ1) is 16.2. The number of hydrogen-bond donors (Lipinski definition) is 0. The molecule has 0 N–H and O–H groups in total. The first-order valence-corrected chi connectivity index (χ1v) is 9.76. The van der Waals surface area contributed by atoms with Gasteiger partial charge >= 0.3 is 11.9 Å². The summed E-state index contributed by atoms with van der Waals surface area (Å²) in [5.41, 5.74) is 4.49. The number of aromatic nitrogens is 3. The normalized spacial score (nSPS) is 13.1. The van der Waals surface area contributed by atoms with Gasteiger partial charge in [-0.05, 0) is 37.8 Å². The Morgan fingerprint density at radius 3 is 2.74 bits per heavy atom. The van der Waals surface area contributed by atoms with E-state index >= 15 is 0 Å². The number of rotatable bonds is 3. The summed E-state index contributed by atoms with van der Waals surface area (Å²) >= 11 is 1.71. The number of pyridine rings is 1. The third-order valence-electron chi connectivity index (χ3n) is 4.85. The molecule has 27 heavy (non-hydrogen) atoms. The molecule has 4 aromatic rings. The number of fused-ring (bicyclic) bond motifs is 3. The minimum atomic E-state index is 0.163. The molecule has 0 saturated heterocycles. The Labute approximate surface area is 160 Å². The van der Waals surface area contributed by atoms with Gasteiger partial charge in [-0.3, -0.25) is 0 Å². The van der Waals surface area contributed by atoms with Crippen LogP contribution in [-0.2, 0) is 12.8 Å². The zero-order valence-corrected chi connectivity index (χ0v) is 15.6. The molecule has 0 spiro atoms. The van der Waals surface area contributed by atoms with Crippen molar-refractivity contribution in [2.45, 2.75) is 26.2 Å². The summed E-state index contributed by atoms with van der Waals surface area (Å²) in [6.07, 6.45) is 4.74. The summed E-state index contributed by atoms with van der Waals surface area (Å²) in [5, 5.41) is 13.1. The van der Waals surface area contributed by atoms with Crippen LogP contribution < -0.4 is 9.47 Å². The van der Waals surface area contributed by atoms with Crippen molar-refractivity contribution in [2.75, 3.05) is 0 Å². The van der Waals surface area contributed by atoms with Crippen LogP contribution in [-0.4, -0.2) is 9.97 Å². The van der Waals surface area contributed by atoms with Gasteiger partial charge in [0.1, 0.15) is 4.83 Å². The highest BCUT2D eigenvalue weighted by Crippen LogP contribution is 2.41. The summed E-state index contributed by atoms with van der Waals surface area (Å²) in [6, 6.07) is 13.5. The Hall–Kier alpha value is -2.99. The van der Waals surface area contributed by atoms with Crippen molar-refractivity contribution >= 4 is 21.6 Å². The van der Waals surface area contributed by atoms with Gasteiger partial charge in [0, 0.05) is 21.9 Å². The number of aryl methyl sites for hydroxylation is 3. The maximum atomic E-state index is 11.9. The van der Waals surface area contributed by atoms with E-state index in [1.165, 1.54) is 28.6 Å². The summed E-state index contributed by atoms with van der Waals surface area (Å²) in [7, 11) is 0. The van der Waals surface area contributed by atoms with Gasteiger partial charge in [0.05, 0.1) is 11.8 Å². The fraction of sp³-hybridized carbons (Fsp3) is 0.190. The van der Waals surface area contributed by atoms with Crippen LogP contribution in [0.3, 0.4) is 0 Å². The molecule has 0 fully saturated rings. The molecule has 1 aliphatic rings. The average Bonchev–Trinajstić information content (AvgIpc) is 3.24. The molecule has 5 rings (SSSR count). The van der Waals surface area contributed by atoms with Gasteiger partial charge in [-0.25, -0.2) is 0 Å². The highest BCUT2D eigenvalue weighted by molar-refractivity contribution is 7.19. The highest BCUT2D eigenvalue weighted by Gasteiger charge is 2.24. The number of benzene rings is 1. The lowest BCUT2D eigenvalue weighted by Gasteiger charge is -2.09. The zero-order valence-electron chi connectivity index (χ0n) is 14.8. The molecule has 134 valence electrons. The summed E-state index contributed by atoms with van der Waals surface area (Å²) in [4.78, 5) is 11.6. The van der Waals surface area contributed by atoms with Crippen LogP contribution in [0.4, 0.5) is 0 Å². The van der Waals surface area contributed by atoms with E-state index in [-0.39, 0.29) is 11.9 Å². The van der Waals surface area contributed by atoms with Crippen molar-refractivity contribution < 1.29 is 9.47 Å². The number of hydrogen-bond acceptors (Lipinski definition) is 5. The van der Waals surface area contributed by atoms with E-state index in [0.29, 0.717) is 4.73 Å². The van der Waals surface area contributed by atoms with Gasteiger partial charge < -0.3 is 9.94 Å². The van der Waals surface area contributed by atoms with Gasteiger partial charge in [0.2, 0.25) is 0 Å². The predicted molar refractivity (Wildman–Crippen MR) is 105 cm³/mol. The monoisotopic (exact) mass is 375 g/mol. The molecular weight excluding hydrogens is 358 g/mol. The van der Waals surface area contributed by atoms with Crippen molar-refractivity contribution in [2.24, 2.45) is 0 Å². The molecule has 0 saturated carbocycles. The number of nitrogens with zero attached hydrogens (tertiary/aromatic N) is 3. The second kappa shape index (κ2) is 6.32. The Morgan fingerprint density at radius 2 is 1.93 bits per heavy atom. The SMILES string of the molecule is Cc1ccc(-c2nc(Oc3cccc[n+]3[O-])nc3sc4c(c23)CCC4)cc1. The standard InChI is InChI=1S/C21H17N3O2S/c1-13-8-10-14(11-9-13)19-18-15-5-4-6-16(15)27-20(18)23-21(22-19)26-17-7-2-3-12-24(17)25/h2-3,7-12H,4-6H2,1H3. The molecule has 1 aromatic carbocycles. The van der Waals surface area contributed by atoms with Crippen LogP contribution in [0.2, 0.25) is 0 Å². The minimum Gasteiger partial charge on any atom is -0.616 e. The van der Waals surface area contributed by atoms with E-state index in [1.807, 2.05) is 0 Å². The molecular formula is C21H17N3O2S. The van der Waals surface area contributed by atoms with Crippen LogP contribution in [0, 0.1) is 12.1 Å². The molecule has 1 aliphatic carbocycles. The summed E-state index contributed by atoms with van der Waals surface area (Å²) < 4.78 is 6.41. The van der Waals surface area contributed by atoms with E-state index in [2.05, 4.69) is 36.2 Å². The first-order valence-electron chi connectivity index (χ1n) is 8.94. The van der Waals surface area contributed by atoms with Crippen LogP contribution >= 0.6 is 11.3 Å². The third kappa shape index (κ3) is 2.82. The van der Waals surface area contributed by atoms with Crippen molar-refractivity contribution in [1.29, 1.82) is 0 Å². The molecule has 0 aliphatic heterocycles. The number of ether oxygens (including phenoxy) is 1. The van der Waals surface area contributed by atoms with Gasteiger partial charge in [-0.2, -0.15) is 9.97 Å². The Kier molecular flexibility index (Phi) is 3.79. The fourth-order valence-corrected chi connectivity index (χ4v) is 4.78. The lowest BCUT2D eigenvalue weighted by molar-refractivity contribution is -0.611. The van der Waals surface area contributed by atoms with Crippen molar-refractivity contribution in [3.05, 3.63) is 69.9 Å². The van der Waals surface area contributed by atoms with Crippen LogP contribution in [0.5, 0.6) is 11.9 Å². The van der Waals surface area contributed by atoms with E-state index in [0.717, 1.165) is 34.3 Å². The number of thiophene rings is 1. The Balaban J connectivity index is 1.70. The maximum absolute atomic E-state index is 11.9. The summed E-state index contributed by atoms with van der Waals surface area (Å²) in [6.45, 7) is 2.07. The summed E-state index contributed by atoms with van der Waals surface area (Å²) in [5.74, 6) is 0.163. The van der Waals surface area contributed by atoms with Gasteiger partial charge in [0.25, 0.3) is 0 Å². The van der Waals surface area contributed by atoms with Crippen LogP contribution in [0.15, 0.2) is 48.7 Å². The largest absolute Gasteiger partial charge is 0.616 e. The zero-order chi connectivity index (χ0) is 18.4. The predicted octanol–water partition coefficient (Wildman–Crippen LogP) is 4.58. The molecule has 0 radical (unpaired) electrons. The third-order valence-corrected chi connectivity index (χ3v) is 6.04. The topological polar surface area (TPSA) is 62.0 Å². The van der Waals surface area contributed by atoms with Gasteiger partial charge in [-0.15, -0.1) is 16.1 Å². The van der Waals surface area contributed by atoms with Crippen LogP contribution in [0.1, 0.15) is 22.4 Å². The molecule has 0 unspecified atom stereocenters. The second-order valence-electron chi connectivity index (χ2n) is 6.73. The van der Waals surface area contributed by atoms with E-state index in [4.69, 9.17) is 9.72 Å². The van der Waals surface area contributed by atoms with Crippen molar-refractivity contribution in [1.82, 2.24) is 9.97 Å². The van der Waals surface area contributed by atoms with Crippen molar-refractivity contribution in [3.8, 4) is 23.1 Å². The molecule has 0 bridgehead atoms. The highest BCUT2D eigenvalue weighted by atomic mass is 32.1. The Bertz CT molecular complexity index is 1150. The van der Waals surface area contributed by atoms with Crippen molar-refractivity contribution in [3.63, 3.8) is 0 Å². The van der Waals surface area contributed by atoms with Gasteiger partial charge in [0.15, 0.2) is 6.20 Å². The molecule has 0 atom stereocenters. The maximum Gasteiger partial charge on any atom is 0.387 e. The molecule has 3 heterocycles. The molecule has 6 heteroatoms. The lowest BCUT2D eigenvalue weighted by Crippen LogP contribution is -2.27.